The van der Waals surface area contributed by atoms with Crippen LogP contribution in [0.2, 0.25) is 0 Å². The molecule has 6 nitrogen and oxygen atoms in total. The molecule has 2 aromatic rings. The van der Waals surface area contributed by atoms with Crippen LogP contribution in [0.3, 0.4) is 0 Å². The first kappa shape index (κ1) is 22.2. The van der Waals surface area contributed by atoms with E-state index < -0.39 is 0 Å². The summed E-state index contributed by atoms with van der Waals surface area (Å²) < 4.78 is 10.6. The van der Waals surface area contributed by atoms with Crippen LogP contribution in [0, 0.1) is 5.41 Å². The second-order valence-electron chi connectivity index (χ2n) is 8.87. The highest BCUT2D eigenvalue weighted by Gasteiger charge is 2.49. The molecule has 1 saturated carbocycles. The summed E-state index contributed by atoms with van der Waals surface area (Å²) in [6.45, 7) is 1.40. The Bertz CT molecular complexity index is 952. The van der Waals surface area contributed by atoms with E-state index in [1.807, 2.05) is 23.1 Å². The molecule has 4 rings (SSSR count). The quantitative estimate of drug-likeness (QED) is 0.716. The first-order valence-corrected chi connectivity index (χ1v) is 11.4. The smallest absolute Gasteiger partial charge is 0.257 e. The summed E-state index contributed by atoms with van der Waals surface area (Å²) >= 11 is 0. The number of hydrogen-bond donors (Lipinski definition) is 1. The third-order valence-electron chi connectivity index (χ3n) is 7.17. The van der Waals surface area contributed by atoms with Crippen LogP contribution in [0.15, 0.2) is 48.5 Å². The summed E-state index contributed by atoms with van der Waals surface area (Å²) in [5, 5.41) is 3.28. The van der Waals surface area contributed by atoms with E-state index in [1.54, 1.807) is 32.4 Å². The first-order valence-electron chi connectivity index (χ1n) is 11.4. The molecule has 0 bridgehead atoms. The number of benzene rings is 2. The predicted molar refractivity (Wildman–Crippen MR) is 123 cm³/mol. The molecule has 0 radical (unpaired) electrons. The fourth-order valence-corrected chi connectivity index (χ4v) is 4.99. The van der Waals surface area contributed by atoms with E-state index in [1.165, 1.54) is 5.56 Å². The Hall–Kier alpha value is -3.02. The number of amides is 2. The molecule has 2 fully saturated rings. The van der Waals surface area contributed by atoms with Crippen LogP contribution in [0.5, 0.6) is 11.5 Å². The number of hydrogen-bond acceptors (Lipinski definition) is 4. The fourth-order valence-electron chi connectivity index (χ4n) is 4.99. The largest absolute Gasteiger partial charge is 0.497 e. The molecule has 32 heavy (non-hydrogen) atoms. The maximum absolute atomic E-state index is 13.1. The summed E-state index contributed by atoms with van der Waals surface area (Å²) in [5.74, 6) is 1.31. The molecule has 2 aliphatic rings. The zero-order chi connectivity index (χ0) is 22.6. The number of nitrogens with zero attached hydrogens (tertiary/aromatic N) is 1. The van der Waals surface area contributed by atoms with Gasteiger partial charge in [0.25, 0.3) is 5.91 Å². The molecule has 1 unspecified atom stereocenters. The lowest BCUT2D eigenvalue weighted by Gasteiger charge is -2.54. The highest BCUT2D eigenvalue weighted by Crippen LogP contribution is 2.49. The molecule has 170 valence electrons. The van der Waals surface area contributed by atoms with Crippen molar-refractivity contribution < 1.29 is 19.1 Å². The Labute approximate surface area is 189 Å². The summed E-state index contributed by atoms with van der Waals surface area (Å²) in [5.41, 5.74) is 1.87. The van der Waals surface area contributed by atoms with E-state index in [0.717, 1.165) is 32.1 Å². The third-order valence-corrected chi connectivity index (χ3v) is 7.17. The van der Waals surface area contributed by atoms with Gasteiger partial charge in [0.15, 0.2) is 0 Å². The summed E-state index contributed by atoms with van der Waals surface area (Å²) in [6.07, 6.45) is 5.25. The number of piperidine rings is 1. The van der Waals surface area contributed by atoms with Crippen molar-refractivity contribution in [1.82, 2.24) is 10.2 Å². The minimum absolute atomic E-state index is 0.0119. The van der Waals surface area contributed by atoms with Gasteiger partial charge in [0.2, 0.25) is 5.91 Å². The number of nitrogens with one attached hydrogen (secondary N) is 1. The van der Waals surface area contributed by atoms with E-state index in [9.17, 15) is 9.59 Å². The number of likely N-dealkylation sites (tertiary alicyclic amines) is 1. The van der Waals surface area contributed by atoms with Gasteiger partial charge in [0, 0.05) is 31.6 Å². The Morgan fingerprint density at radius 1 is 1.03 bits per heavy atom. The lowest BCUT2D eigenvalue weighted by molar-refractivity contribution is -0.125. The van der Waals surface area contributed by atoms with E-state index in [2.05, 4.69) is 17.4 Å². The van der Waals surface area contributed by atoms with Crippen molar-refractivity contribution in [3.63, 3.8) is 0 Å². The number of methoxy groups -OCH3 is 2. The lowest BCUT2D eigenvalue weighted by atomic mass is 9.59. The van der Waals surface area contributed by atoms with Gasteiger partial charge in [0.1, 0.15) is 11.5 Å². The van der Waals surface area contributed by atoms with Gasteiger partial charge in [-0.3, -0.25) is 9.59 Å². The molecule has 1 N–H and O–H groups in total. The van der Waals surface area contributed by atoms with Crippen LogP contribution in [-0.2, 0) is 11.2 Å². The van der Waals surface area contributed by atoms with E-state index >= 15 is 0 Å². The third kappa shape index (κ3) is 4.59. The van der Waals surface area contributed by atoms with Gasteiger partial charge in [-0.05, 0) is 55.2 Å². The lowest BCUT2D eigenvalue weighted by Crippen LogP contribution is -2.59. The number of aryl methyl sites for hydroxylation is 1. The highest BCUT2D eigenvalue weighted by molar-refractivity contribution is 5.97. The molecule has 6 heteroatoms. The average Bonchev–Trinajstić information content (AvgIpc) is 2.85. The van der Waals surface area contributed by atoms with Gasteiger partial charge >= 0.3 is 0 Å². The molecule has 2 amide bonds. The number of carbonyl (C=O) groups excluding carboxylic acids is 2. The minimum Gasteiger partial charge on any atom is -0.497 e. The molecule has 1 saturated heterocycles. The molecular formula is C26H32N2O4. The van der Waals surface area contributed by atoms with Crippen molar-refractivity contribution in [1.29, 1.82) is 0 Å². The maximum Gasteiger partial charge on any atom is 0.257 e. The Morgan fingerprint density at radius 2 is 1.78 bits per heavy atom. The van der Waals surface area contributed by atoms with Gasteiger partial charge < -0.3 is 19.7 Å². The number of rotatable bonds is 7. The van der Waals surface area contributed by atoms with Gasteiger partial charge in [-0.1, -0.05) is 30.3 Å². The SMILES string of the molecule is COc1ccc(C(=O)N2CCC3(CCC3NC(=O)CCc3ccccc3)CC2)c(OC)c1. The standard InChI is InChI=1S/C26H32N2O4/c1-31-20-9-10-21(22(18-20)32-2)25(30)28-16-14-26(15-17-28)13-12-23(26)27-24(29)11-8-19-6-4-3-5-7-19/h3-7,9-10,18,23H,8,11-17H2,1-2H3,(H,27,29). The summed E-state index contributed by atoms with van der Waals surface area (Å²) in [4.78, 5) is 27.5. The Morgan fingerprint density at radius 3 is 2.41 bits per heavy atom. The molecule has 1 heterocycles. The van der Waals surface area contributed by atoms with Crippen molar-refractivity contribution in [2.45, 2.75) is 44.6 Å². The molecule has 0 aromatic heterocycles. The van der Waals surface area contributed by atoms with E-state index in [4.69, 9.17) is 9.47 Å². The van der Waals surface area contributed by atoms with Crippen molar-refractivity contribution in [2.24, 2.45) is 5.41 Å². The van der Waals surface area contributed by atoms with E-state index in [-0.39, 0.29) is 23.3 Å². The van der Waals surface area contributed by atoms with Crippen LogP contribution in [0.4, 0.5) is 0 Å². The molecular weight excluding hydrogens is 404 g/mol. The normalized spacial score (nSPS) is 19.2. The summed E-state index contributed by atoms with van der Waals surface area (Å²) in [6, 6.07) is 15.6. The zero-order valence-electron chi connectivity index (χ0n) is 18.9. The zero-order valence-corrected chi connectivity index (χ0v) is 18.9. The van der Waals surface area contributed by atoms with Crippen LogP contribution >= 0.6 is 0 Å². The van der Waals surface area contributed by atoms with Crippen LogP contribution < -0.4 is 14.8 Å². The topological polar surface area (TPSA) is 67.9 Å². The van der Waals surface area contributed by atoms with Crippen LogP contribution in [0.1, 0.15) is 48.0 Å². The Kier molecular flexibility index (Phi) is 6.68. The molecule has 1 aliphatic heterocycles. The first-order chi connectivity index (χ1) is 15.5. The van der Waals surface area contributed by atoms with Crippen molar-refractivity contribution >= 4 is 11.8 Å². The monoisotopic (exact) mass is 436 g/mol. The Balaban J connectivity index is 1.31. The molecule has 2 aromatic carbocycles. The number of ether oxygens (including phenoxy) is 2. The highest BCUT2D eigenvalue weighted by atomic mass is 16.5. The van der Waals surface area contributed by atoms with Crippen molar-refractivity contribution in [3.8, 4) is 11.5 Å². The van der Waals surface area contributed by atoms with E-state index in [0.29, 0.717) is 36.6 Å². The second-order valence-corrected chi connectivity index (χ2v) is 8.87. The van der Waals surface area contributed by atoms with Gasteiger partial charge in [-0.25, -0.2) is 0 Å². The molecule has 1 aliphatic carbocycles. The van der Waals surface area contributed by atoms with Crippen molar-refractivity contribution in [3.05, 3.63) is 59.7 Å². The van der Waals surface area contributed by atoms with Crippen LogP contribution in [0.25, 0.3) is 0 Å². The minimum atomic E-state index is -0.0119. The van der Waals surface area contributed by atoms with Gasteiger partial charge in [-0.15, -0.1) is 0 Å². The average molecular weight is 437 g/mol. The predicted octanol–water partition coefficient (Wildman–Crippen LogP) is 3.84. The van der Waals surface area contributed by atoms with Gasteiger partial charge in [0.05, 0.1) is 19.8 Å². The fraction of sp³-hybridized carbons (Fsp3) is 0.462. The molecule has 1 spiro atoms. The molecule has 1 atom stereocenters. The number of carbonyl (C=O) groups is 2. The second kappa shape index (κ2) is 9.63. The summed E-state index contributed by atoms with van der Waals surface area (Å²) in [7, 11) is 3.16. The van der Waals surface area contributed by atoms with Crippen molar-refractivity contribution in [2.75, 3.05) is 27.3 Å². The van der Waals surface area contributed by atoms with Gasteiger partial charge in [-0.2, -0.15) is 0 Å². The maximum atomic E-state index is 13.1. The van der Waals surface area contributed by atoms with Crippen LogP contribution in [-0.4, -0.2) is 50.1 Å².